The van der Waals surface area contributed by atoms with Gasteiger partial charge in [0.25, 0.3) is 5.56 Å². The van der Waals surface area contributed by atoms with Crippen LogP contribution in [0.5, 0.6) is 0 Å². The first-order valence-corrected chi connectivity index (χ1v) is 6.42. The zero-order valence-corrected chi connectivity index (χ0v) is 11.5. The largest absolute Gasteiger partial charge is 0.361 e. The lowest BCUT2D eigenvalue weighted by molar-refractivity contribution is 0.575. The number of nitrogens with one attached hydrogen (secondary N) is 1. The van der Waals surface area contributed by atoms with Gasteiger partial charge in [-0.05, 0) is 31.5 Å². The number of aromatic nitrogens is 2. The minimum absolute atomic E-state index is 0.0981. The van der Waals surface area contributed by atoms with Crippen molar-refractivity contribution in [2.45, 2.75) is 26.4 Å². The average molecular weight is 268 g/mol. The van der Waals surface area contributed by atoms with E-state index in [2.05, 4.69) is 16.4 Å². The summed E-state index contributed by atoms with van der Waals surface area (Å²) in [6.45, 7) is 4.40. The Morgan fingerprint density at radius 1 is 1.35 bits per heavy atom. The summed E-state index contributed by atoms with van der Waals surface area (Å²) in [6, 6.07) is 9.39. The first-order chi connectivity index (χ1) is 9.61. The molecular formula is C15H16N4O. The van der Waals surface area contributed by atoms with Crippen molar-refractivity contribution in [3.63, 3.8) is 0 Å². The minimum Gasteiger partial charge on any atom is -0.361 e. The Kier molecular flexibility index (Phi) is 4.16. The normalized spacial score (nSPS) is 10.3. The van der Waals surface area contributed by atoms with E-state index in [1.807, 2.05) is 26.0 Å². The van der Waals surface area contributed by atoms with E-state index in [4.69, 9.17) is 5.26 Å². The molecule has 1 aromatic carbocycles. The molecule has 0 saturated carbocycles. The van der Waals surface area contributed by atoms with Gasteiger partial charge < -0.3 is 9.88 Å². The molecule has 102 valence electrons. The van der Waals surface area contributed by atoms with Gasteiger partial charge in [-0.1, -0.05) is 12.1 Å². The smallest absolute Gasteiger partial charge is 0.293 e. The third-order valence-electron chi connectivity index (χ3n) is 2.97. The van der Waals surface area contributed by atoms with Gasteiger partial charge in [-0.3, -0.25) is 4.79 Å². The predicted molar refractivity (Wildman–Crippen MR) is 77.4 cm³/mol. The number of benzene rings is 1. The van der Waals surface area contributed by atoms with Crippen LogP contribution in [0.15, 0.2) is 41.5 Å². The molecule has 1 N–H and O–H groups in total. The first-order valence-electron chi connectivity index (χ1n) is 6.42. The second-order valence-electron chi connectivity index (χ2n) is 4.74. The molecule has 1 aromatic heterocycles. The molecule has 0 aliphatic heterocycles. The lowest BCUT2D eigenvalue weighted by Crippen LogP contribution is -2.25. The van der Waals surface area contributed by atoms with Crippen molar-refractivity contribution < 1.29 is 0 Å². The number of hydrogen-bond acceptors (Lipinski definition) is 4. The second-order valence-corrected chi connectivity index (χ2v) is 4.74. The van der Waals surface area contributed by atoms with Crippen LogP contribution < -0.4 is 10.9 Å². The third kappa shape index (κ3) is 3.04. The van der Waals surface area contributed by atoms with E-state index < -0.39 is 0 Å². The summed E-state index contributed by atoms with van der Waals surface area (Å²) in [6.07, 6.45) is 3.29. The molecule has 0 bridgehead atoms. The fourth-order valence-electron chi connectivity index (χ4n) is 1.84. The van der Waals surface area contributed by atoms with E-state index in [1.54, 1.807) is 29.1 Å². The lowest BCUT2D eigenvalue weighted by Gasteiger charge is -2.11. The van der Waals surface area contributed by atoms with Gasteiger partial charge in [0, 0.05) is 25.0 Å². The van der Waals surface area contributed by atoms with E-state index in [-0.39, 0.29) is 11.6 Å². The molecule has 0 fully saturated rings. The van der Waals surface area contributed by atoms with Gasteiger partial charge in [0.05, 0.1) is 11.6 Å². The molecule has 20 heavy (non-hydrogen) atoms. The quantitative estimate of drug-likeness (QED) is 0.923. The van der Waals surface area contributed by atoms with E-state index >= 15 is 0 Å². The number of nitrogens with zero attached hydrogens (tertiary/aromatic N) is 3. The van der Waals surface area contributed by atoms with E-state index in [0.717, 1.165) is 5.56 Å². The maximum Gasteiger partial charge on any atom is 0.293 e. The molecule has 5 nitrogen and oxygen atoms in total. The van der Waals surface area contributed by atoms with Gasteiger partial charge in [0.1, 0.15) is 0 Å². The Balaban J connectivity index is 2.13. The van der Waals surface area contributed by atoms with Crippen molar-refractivity contribution in [3.8, 4) is 6.07 Å². The summed E-state index contributed by atoms with van der Waals surface area (Å²) in [5.74, 6) is 0.338. The number of anilines is 1. The average Bonchev–Trinajstić information content (AvgIpc) is 2.46. The summed E-state index contributed by atoms with van der Waals surface area (Å²) in [7, 11) is 0. The van der Waals surface area contributed by atoms with Crippen molar-refractivity contribution in [1.82, 2.24) is 9.55 Å². The molecule has 1 heterocycles. The molecule has 0 spiro atoms. The SMILES string of the molecule is CC(C)n1ccnc(NCc2ccc(C#N)cc2)c1=O. The zero-order chi connectivity index (χ0) is 14.5. The van der Waals surface area contributed by atoms with Gasteiger partial charge in [-0.25, -0.2) is 4.98 Å². The van der Waals surface area contributed by atoms with Crippen LogP contribution in [0.3, 0.4) is 0 Å². The summed E-state index contributed by atoms with van der Waals surface area (Å²) < 4.78 is 1.63. The number of hydrogen-bond donors (Lipinski definition) is 1. The maximum absolute atomic E-state index is 12.1. The topological polar surface area (TPSA) is 70.7 Å². The molecule has 0 aliphatic carbocycles. The van der Waals surface area contributed by atoms with Crippen LogP contribution in [0.25, 0.3) is 0 Å². The highest BCUT2D eigenvalue weighted by Crippen LogP contribution is 2.06. The highest BCUT2D eigenvalue weighted by molar-refractivity contribution is 5.36. The van der Waals surface area contributed by atoms with Crippen molar-refractivity contribution in [3.05, 3.63) is 58.1 Å². The summed E-state index contributed by atoms with van der Waals surface area (Å²) in [5.41, 5.74) is 1.48. The van der Waals surface area contributed by atoms with E-state index in [9.17, 15) is 4.79 Å². The van der Waals surface area contributed by atoms with Crippen molar-refractivity contribution in [1.29, 1.82) is 5.26 Å². The van der Waals surface area contributed by atoms with Gasteiger partial charge >= 0.3 is 0 Å². The predicted octanol–water partition coefficient (Wildman–Crippen LogP) is 2.31. The highest BCUT2D eigenvalue weighted by atomic mass is 16.1. The number of rotatable bonds is 4. The van der Waals surface area contributed by atoms with Crippen LogP contribution in [0.2, 0.25) is 0 Å². The van der Waals surface area contributed by atoms with Crippen LogP contribution in [0.4, 0.5) is 5.82 Å². The summed E-state index contributed by atoms with van der Waals surface area (Å²) in [5, 5.41) is 11.8. The monoisotopic (exact) mass is 268 g/mol. The standard InChI is InChI=1S/C15H16N4O/c1-11(2)19-8-7-17-14(15(19)20)18-10-13-5-3-12(9-16)4-6-13/h3-8,11H,10H2,1-2H3,(H,17,18). The van der Waals surface area contributed by atoms with Gasteiger partial charge in [0.15, 0.2) is 5.82 Å². The second kappa shape index (κ2) is 6.02. The molecule has 0 radical (unpaired) electrons. The van der Waals surface area contributed by atoms with Crippen molar-refractivity contribution in [2.75, 3.05) is 5.32 Å². The fraction of sp³-hybridized carbons (Fsp3) is 0.267. The Labute approximate surface area is 117 Å². The molecular weight excluding hydrogens is 252 g/mol. The molecule has 0 atom stereocenters. The fourth-order valence-corrected chi connectivity index (χ4v) is 1.84. The number of nitriles is 1. The van der Waals surface area contributed by atoms with Gasteiger partial charge in [0.2, 0.25) is 0 Å². The molecule has 5 heteroatoms. The van der Waals surface area contributed by atoms with Crippen molar-refractivity contribution in [2.24, 2.45) is 0 Å². The van der Waals surface area contributed by atoms with E-state index in [1.165, 1.54) is 0 Å². The van der Waals surface area contributed by atoms with Crippen LogP contribution in [-0.2, 0) is 6.54 Å². The van der Waals surface area contributed by atoms with E-state index in [0.29, 0.717) is 17.9 Å². The summed E-state index contributed by atoms with van der Waals surface area (Å²) >= 11 is 0. The third-order valence-corrected chi connectivity index (χ3v) is 2.97. The first kappa shape index (κ1) is 13.8. The zero-order valence-electron chi connectivity index (χ0n) is 11.5. The van der Waals surface area contributed by atoms with Crippen LogP contribution in [0.1, 0.15) is 31.0 Å². The molecule has 0 unspecified atom stereocenters. The van der Waals surface area contributed by atoms with Crippen LogP contribution >= 0.6 is 0 Å². The Bertz CT molecular complexity index is 680. The lowest BCUT2D eigenvalue weighted by atomic mass is 10.1. The molecule has 0 aliphatic rings. The Morgan fingerprint density at radius 2 is 2.05 bits per heavy atom. The highest BCUT2D eigenvalue weighted by Gasteiger charge is 2.06. The summed E-state index contributed by atoms with van der Waals surface area (Å²) in [4.78, 5) is 16.2. The van der Waals surface area contributed by atoms with Gasteiger partial charge in [-0.2, -0.15) is 5.26 Å². The maximum atomic E-state index is 12.1. The Hall–Kier alpha value is -2.61. The molecule has 2 rings (SSSR count). The molecule has 0 saturated heterocycles. The van der Waals surface area contributed by atoms with Gasteiger partial charge in [-0.15, -0.1) is 0 Å². The minimum atomic E-state index is -0.129. The molecule has 0 amide bonds. The molecule has 2 aromatic rings. The van der Waals surface area contributed by atoms with Crippen LogP contribution in [-0.4, -0.2) is 9.55 Å². The van der Waals surface area contributed by atoms with Crippen molar-refractivity contribution >= 4 is 5.82 Å². The van der Waals surface area contributed by atoms with Crippen LogP contribution in [0, 0.1) is 11.3 Å². The Morgan fingerprint density at radius 3 is 2.65 bits per heavy atom.